The van der Waals surface area contributed by atoms with Crippen LogP contribution >= 0.6 is 0 Å². The molecule has 1 aromatic heterocycles. The number of nitrogens with one attached hydrogen (secondary N) is 1. The monoisotopic (exact) mass is 536 g/mol. The second-order valence-electron chi connectivity index (χ2n) is 10.6. The lowest BCUT2D eigenvalue weighted by Crippen LogP contribution is -2.28. The molecule has 0 aliphatic carbocycles. The molecule has 0 radical (unpaired) electrons. The van der Waals surface area contributed by atoms with Crippen LogP contribution in [0.3, 0.4) is 0 Å². The predicted octanol–water partition coefficient (Wildman–Crippen LogP) is 3.79. The van der Waals surface area contributed by atoms with Crippen molar-refractivity contribution in [3.05, 3.63) is 75.7 Å². The van der Waals surface area contributed by atoms with E-state index in [9.17, 15) is 18.4 Å². The van der Waals surface area contributed by atoms with Crippen LogP contribution in [0, 0.1) is 17.0 Å². The van der Waals surface area contributed by atoms with Crippen molar-refractivity contribution in [2.75, 3.05) is 42.3 Å². The Hall–Kier alpha value is -4.12. The van der Waals surface area contributed by atoms with Gasteiger partial charge in [0.25, 0.3) is 11.5 Å². The van der Waals surface area contributed by atoms with Crippen LogP contribution in [-0.2, 0) is 4.74 Å². The third-order valence-electron chi connectivity index (χ3n) is 6.99. The fourth-order valence-electron chi connectivity index (χ4n) is 4.89. The first kappa shape index (κ1) is 26.5. The van der Waals surface area contributed by atoms with Crippen molar-refractivity contribution in [3.8, 4) is 5.69 Å². The van der Waals surface area contributed by atoms with Crippen LogP contribution in [0.2, 0.25) is 0 Å². The van der Waals surface area contributed by atoms with E-state index in [-0.39, 0.29) is 17.2 Å². The van der Waals surface area contributed by atoms with Gasteiger partial charge in [0.05, 0.1) is 24.0 Å². The van der Waals surface area contributed by atoms with Gasteiger partial charge in [-0.2, -0.15) is 9.78 Å². The van der Waals surface area contributed by atoms with E-state index in [1.165, 1.54) is 12.1 Å². The Kier molecular flexibility index (Phi) is 7.17. The van der Waals surface area contributed by atoms with Crippen molar-refractivity contribution < 1.29 is 18.3 Å². The minimum Gasteiger partial charge on any atom is -0.398 e. The molecule has 9 nitrogen and oxygen atoms in total. The van der Waals surface area contributed by atoms with Gasteiger partial charge in [-0.1, -0.05) is 19.9 Å². The van der Waals surface area contributed by atoms with Gasteiger partial charge in [0.1, 0.15) is 11.4 Å². The van der Waals surface area contributed by atoms with Gasteiger partial charge in [-0.15, -0.1) is 0 Å². The Balaban J connectivity index is 1.52. The quantitative estimate of drug-likeness (QED) is 0.366. The fraction of sp³-hybridized carbons (Fsp3) is 0.357. The van der Waals surface area contributed by atoms with E-state index in [0.29, 0.717) is 34.8 Å². The molecule has 0 saturated carbocycles. The van der Waals surface area contributed by atoms with Crippen LogP contribution in [0.4, 0.5) is 25.8 Å². The van der Waals surface area contributed by atoms with E-state index in [4.69, 9.17) is 10.5 Å². The second kappa shape index (κ2) is 10.6. The van der Waals surface area contributed by atoms with Crippen molar-refractivity contribution in [2.45, 2.75) is 32.7 Å². The maximum Gasteiger partial charge on any atom is 0.276 e. The zero-order valence-corrected chi connectivity index (χ0v) is 21.8. The third-order valence-corrected chi connectivity index (χ3v) is 6.99. The fourth-order valence-corrected chi connectivity index (χ4v) is 4.89. The summed E-state index contributed by atoms with van der Waals surface area (Å²) in [5.74, 6) is -2.61. The van der Waals surface area contributed by atoms with Crippen LogP contribution in [0.25, 0.3) is 5.69 Å². The van der Waals surface area contributed by atoms with Gasteiger partial charge >= 0.3 is 0 Å². The number of aromatic nitrogens is 2. The lowest BCUT2D eigenvalue weighted by Gasteiger charge is -2.27. The van der Waals surface area contributed by atoms with Gasteiger partial charge in [-0.05, 0) is 48.6 Å². The summed E-state index contributed by atoms with van der Waals surface area (Å²) in [4.78, 5) is 32.6. The number of benzene rings is 2. The summed E-state index contributed by atoms with van der Waals surface area (Å²) in [6.07, 6.45) is 3.51. The number of hydrogen-bond donors (Lipinski definition) is 2. The van der Waals surface area contributed by atoms with Crippen LogP contribution in [0.15, 0.2) is 52.3 Å². The zero-order valence-electron chi connectivity index (χ0n) is 21.8. The van der Waals surface area contributed by atoms with Crippen molar-refractivity contribution >= 4 is 29.2 Å². The summed E-state index contributed by atoms with van der Waals surface area (Å²) in [5.41, 5.74) is 7.23. The van der Waals surface area contributed by atoms with Crippen molar-refractivity contribution in [2.24, 2.45) is 10.4 Å². The smallest absolute Gasteiger partial charge is 0.276 e. The maximum absolute atomic E-state index is 14.4. The van der Waals surface area contributed by atoms with Crippen LogP contribution < -0.4 is 21.5 Å². The van der Waals surface area contributed by atoms with E-state index < -0.39 is 28.8 Å². The molecule has 3 N–H and O–H groups in total. The maximum atomic E-state index is 14.4. The Morgan fingerprint density at radius 3 is 2.62 bits per heavy atom. The summed E-state index contributed by atoms with van der Waals surface area (Å²) < 4.78 is 34.7. The molecule has 39 heavy (non-hydrogen) atoms. The number of hydrogen-bond acceptors (Lipinski definition) is 7. The molecule has 1 atom stereocenters. The van der Waals surface area contributed by atoms with E-state index >= 15 is 0 Å². The van der Waals surface area contributed by atoms with E-state index in [2.05, 4.69) is 34.2 Å². The molecular weight excluding hydrogens is 506 g/mol. The van der Waals surface area contributed by atoms with Crippen LogP contribution in [-0.4, -0.2) is 54.2 Å². The molecule has 2 fully saturated rings. The van der Waals surface area contributed by atoms with Crippen molar-refractivity contribution in [3.63, 3.8) is 0 Å². The topological polar surface area (TPSA) is 115 Å². The summed E-state index contributed by atoms with van der Waals surface area (Å²) in [6.45, 7) is 7.05. The number of carbonyl (C=O) groups is 1. The number of rotatable bonds is 6. The Labute approximate surface area is 224 Å². The highest BCUT2D eigenvalue weighted by Crippen LogP contribution is 2.40. The molecule has 204 valence electrons. The van der Waals surface area contributed by atoms with Gasteiger partial charge in [0.15, 0.2) is 11.6 Å². The number of para-hydroxylation sites is 1. The number of anilines is 3. The Morgan fingerprint density at radius 2 is 1.95 bits per heavy atom. The molecule has 5 rings (SSSR count). The summed E-state index contributed by atoms with van der Waals surface area (Å²) >= 11 is 0. The normalized spacial score (nSPS) is 18.7. The molecule has 3 heterocycles. The SMILES string of the molecule is CC1(C)CCN(c2c(NC(=O)c3ccc(=O)n(-c4c(F)cccc4F)n3)ccc(N)c2C=NC2CCOC2)C1. The number of nitrogen functional groups attached to an aromatic ring is 1. The molecule has 3 aromatic rings. The van der Waals surface area contributed by atoms with Gasteiger partial charge in [0, 0.05) is 43.2 Å². The number of aliphatic imine (C=N–C) groups is 1. The first-order chi connectivity index (χ1) is 18.6. The van der Waals surface area contributed by atoms with E-state index in [0.717, 1.165) is 49.8 Å². The molecule has 1 amide bonds. The van der Waals surface area contributed by atoms with E-state index in [1.54, 1.807) is 18.3 Å². The molecule has 0 bridgehead atoms. The van der Waals surface area contributed by atoms with Crippen LogP contribution in [0.5, 0.6) is 0 Å². The van der Waals surface area contributed by atoms with Crippen LogP contribution in [0.1, 0.15) is 42.7 Å². The Bertz CT molecular complexity index is 1480. The average molecular weight is 537 g/mol. The summed E-state index contributed by atoms with van der Waals surface area (Å²) in [6, 6.07) is 8.89. The van der Waals surface area contributed by atoms with Gasteiger partial charge < -0.3 is 20.7 Å². The second-order valence-corrected chi connectivity index (χ2v) is 10.6. The number of carbonyl (C=O) groups excluding carboxylic acids is 1. The number of ether oxygens (including phenoxy) is 1. The minimum absolute atomic E-state index is 0.0366. The van der Waals surface area contributed by atoms with E-state index in [1.807, 2.05) is 0 Å². The molecule has 2 saturated heterocycles. The van der Waals surface area contributed by atoms with Gasteiger partial charge in [-0.25, -0.2) is 8.78 Å². The lowest BCUT2D eigenvalue weighted by molar-refractivity contribution is 0.102. The highest BCUT2D eigenvalue weighted by molar-refractivity contribution is 6.08. The average Bonchev–Trinajstić information content (AvgIpc) is 3.54. The zero-order chi connectivity index (χ0) is 27.7. The van der Waals surface area contributed by atoms with Gasteiger partial charge in [0.2, 0.25) is 0 Å². The lowest BCUT2D eigenvalue weighted by atomic mass is 9.93. The standard InChI is InChI=1S/C28H30F2N6O3/c1-28(2)11-12-35(16-28)25-18(14-32-17-10-13-39-15-17)21(31)6-7-22(25)33-27(38)23-8-9-24(37)36(34-23)26-19(29)4-3-5-20(26)30/h3-9,14,17H,10-13,15-16,31H2,1-2H3,(H,33,38). The number of nitrogens with zero attached hydrogens (tertiary/aromatic N) is 4. The molecule has 2 aliphatic heterocycles. The highest BCUT2D eigenvalue weighted by Gasteiger charge is 2.32. The largest absolute Gasteiger partial charge is 0.398 e. The minimum atomic E-state index is -0.976. The van der Waals surface area contributed by atoms with Gasteiger partial charge in [-0.3, -0.25) is 14.6 Å². The highest BCUT2D eigenvalue weighted by atomic mass is 19.1. The van der Waals surface area contributed by atoms with Crippen molar-refractivity contribution in [1.29, 1.82) is 0 Å². The summed E-state index contributed by atoms with van der Waals surface area (Å²) in [7, 11) is 0. The van der Waals surface area contributed by atoms with Crippen molar-refractivity contribution in [1.82, 2.24) is 9.78 Å². The molecule has 11 heteroatoms. The number of amides is 1. The predicted molar refractivity (Wildman–Crippen MR) is 146 cm³/mol. The summed E-state index contributed by atoms with van der Waals surface area (Å²) in [5, 5.41) is 6.84. The molecule has 2 aliphatic rings. The molecule has 1 unspecified atom stereocenters. The number of halogens is 2. The Morgan fingerprint density at radius 1 is 1.18 bits per heavy atom. The first-order valence-corrected chi connectivity index (χ1v) is 12.8. The molecule has 0 spiro atoms. The number of nitrogens with two attached hydrogens (primary N) is 1. The molecule has 2 aromatic carbocycles. The molecular formula is C28H30F2N6O3. The first-order valence-electron chi connectivity index (χ1n) is 12.8. The third kappa shape index (κ3) is 5.53.